The average molecular weight is 643 g/mol. The summed E-state index contributed by atoms with van der Waals surface area (Å²) in [5.74, 6) is 0.0342. The number of furan rings is 1. The summed E-state index contributed by atoms with van der Waals surface area (Å²) in [4.78, 5) is 0. The SMILES string of the molecule is c1ccc(-c2cccc(C(c3ccc(-c4ccc5sc6cc7ccccc7cc6c5c4)cc3)c3ccc4c(c3)oc3ccccc34)c2)cc1. The first-order valence-corrected chi connectivity index (χ1v) is 17.6. The molecule has 2 aromatic heterocycles. The van der Waals surface area contributed by atoms with E-state index in [0.717, 1.165) is 21.9 Å². The van der Waals surface area contributed by atoms with Crippen LogP contribution in [0.25, 0.3) is 75.1 Å². The summed E-state index contributed by atoms with van der Waals surface area (Å²) in [6.45, 7) is 0. The van der Waals surface area contributed by atoms with Crippen LogP contribution in [0.2, 0.25) is 0 Å². The minimum absolute atomic E-state index is 0.0342. The van der Waals surface area contributed by atoms with Gasteiger partial charge in [-0.05, 0) is 86.1 Å². The normalized spacial score (nSPS) is 12.4. The Morgan fingerprint density at radius 3 is 1.86 bits per heavy atom. The zero-order chi connectivity index (χ0) is 32.3. The largest absolute Gasteiger partial charge is 0.456 e. The van der Waals surface area contributed by atoms with Crippen molar-refractivity contribution in [3.63, 3.8) is 0 Å². The van der Waals surface area contributed by atoms with Gasteiger partial charge in [-0.1, -0.05) is 140 Å². The molecule has 1 unspecified atom stereocenters. The van der Waals surface area contributed by atoms with Gasteiger partial charge in [0.15, 0.2) is 0 Å². The predicted molar refractivity (Wildman–Crippen MR) is 209 cm³/mol. The van der Waals surface area contributed by atoms with Crippen molar-refractivity contribution < 1.29 is 4.42 Å². The number of hydrogen-bond donors (Lipinski definition) is 0. The molecule has 0 aliphatic heterocycles. The minimum Gasteiger partial charge on any atom is -0.456 e. The molecule has 0 spiro atoms. The Kier molecular flexibility index (Phi) is 6.50. The van der Waals surface area contributed by atoms with E-state index in [0.29, 0.717) is 0 Å². The third-order valence-electron chi connectivity index (χ3n) is 9.98. The van der Waals surface area contributed by atoms with Crippen LogP contribution >= 0.6 is 11.3 Å². The highest BCUT2D eigenvalue weighted by molar-refractivity contribution is 7.25. The van der Waals surface area contributed by atoms with E-state index in [1.165, 1.54) is 69.9 Å². The van der Waals surface area contributed by atoms with Crippen molar-refractivity contribution in [2.24, 2.45) is 0 Å². The van der Waals surface area contributed by atoms with Crippen molar-refractivity contribution >= 4 is 64.2 Å². The number of benzene rings is 8. The van der Waals surface area contributed by atoms with Crippen LogP contribution in [-0.2, 0) is 0 Å². The Morgan fingerprint density at radius 2 is 0.980 bits per heavy atom. The fourth-order valence-electron chi connectivity index (χ4n) is 7.54. The van der Waals surface area contributed by atoms with Gasteiger partial charge in [0.05, 0.1) is 0 Å². The van der Waals surface area contributed by atoms with Gasteiger partial charge >= 0.3 is 0 Å². The fourth-order valence-corrected chi connectivity index (χ4v) is 8.65. The Balaban J connectivity index is 1.08. The van der Waals surface area contributed by atoms with Gasteiger partial charge in [0.25, 0.3) is 0 Å². The molecule has 0 aliphatic carbocycles. The molecule has 0 aliphatic rings. The molecular weight excluding hydrogens is 613 g/mol. The Morgan fingerprint density at radius 1 is 0.347 bits per heavy atom. The van der Waals surface area contributed by atoms with Gasteiger partial charge < -0.3 is 4.42 Å². The van der Waals surface area contributed by atoms with Gasteiger partial charge in [0.2, 0.25) is 0 Å². The van der Waals surface area contributed by atoms with Crippen molar-refractivity contribution in [2.45, 2.75) is 5.92 Å². The van der Waals surface area contributed by atoms with E-state index in [4.69, 9.17) is 4.42 Å². The minimum atomic E-state index is 0.0342. The lowest BCUT2D eigenvalue weighted by Gasteiger charge is -2.20. The molecule has 49 heavy (non-hydrogen) atoms. The molecule has 0 N–H and O–H groups in total. The first-order chi connectivity index (χ1) is 24.2. The quantitative estimate of drug-likeness (QED) is 0.170. The smallest absolute Gasteiger partial charge is 0.135 e. The van der Waals surface area contributed by atoms with Gasteiger partial charge in [0.1, 0.15) is 11.2 Å². The summed E-state index contributed by atoms with van der Waals surface area (Å²) in [5.41, 5.74) is 10.4. The number of rotatable bonds is 5. The topological polar surface area (TPSA) is 13.1 Å². The average Bonchev–Trinajstić information content (AvgIpc) is 3.71. The van der Waals surface area contributed by atoms with Crippen LogP contribution in [0.5, 0.6) is 0 Å². The van der Waals surface area contributed by atoms with Crippen molar-refractivity contribution in [3.05, 3.63) is 193 Å². The third kappa shape index (κ3) is 4.84. The summed E-state index contributed by atoms with van der Waals surface area (Å²) in [6.07, 6.45) is 0. The lowest BCUT2D eigenvalue weighted by atomic mass is 9.83. The molecule has 0 saturated heterocycles. The van der Waals surface area contributed by atoms with E-state index < -0.39 is 0 Å². The molecule has 8 aromatic carbocycles. The Bertz CT molecular complexity index is 2820. The van der Waals surface area contributed by atoms with Crippen molar-refractivity contribution in [3.8, 4) is 22.3 Å². The van der Waals surface area contributed by atoms with Crippen molar-refractivity contribution in [1.29, 1.82) is 0 Å². The Hall–Kier alpha value is -5.96. The summed E-state index contributed by atoms with van der Waals surface area (Å²) in [7, 11) is 0. The van der Waals surface area contributed by atoms with Crippen LogP contribution < -0.4 is 0 Å². The van der Waals surface area contributed by atoms with Gasteiger partial charge in [-0.3, -0.25) is 0 Å². The fraction of sp³-hybridized carbons (Fsp3) is 0.0213. The number of thiophene rings is 1. The maximum Gasteiger partial charge on any atom is 0.135 e. The zero-order valence-electron chi connectivity index (χ0n) is 26.6. The predicted octanol–water partition coefficient (Wildman–Crippen LogP) is 13.6. The first kappa shape index (κ1) is 28.1. The molecule has 230 valence electrons. The monoisotopic (exact) mass is 642 g/mol. The van der Waals surface area contributed by atoms with Gasteiger partial charge in [-0.25, -0.2) is 0 Å². The Labute approximate surface area is 288 Å². The standard InChI is InChI=1S/C47H30OS/c1-2-9-30(10-3-1)33-13-8-14-37(25-33)47(38-21-23-40-39-15-6-7-16-43(39)48-44(40)28-38)32-19-17-31(18-20-32)36-22-24-45-41(27-36)42-26-34-11-4-5-12-35(34)29-46(42)49-45/h1-29,47H. The van der Waals surface area contributed by atoms with E-state index >= 15 is 0 Å². The molecule has 10 aromatic rings. The molecular formula is C47H30OS. The summed E-state index contributed by atoms with van der Waals surface area (Å²) in [5, 5.41) is 7.53. The maximum absolute atomic E-state index is 6.37. The molecule has 0 fully saturated rings. The van der Waals surface area contributed by atoms with E-state index in [-0.39, 0.29) is 5.92 Å². The first-order valence-electron chi connectivity index (χ1n) is 16.8. The van der Waals surface area contributed by atoms with Gasteiger partial charge in [0, 0.05) is 36.9 Å². The lowest BCUT2D eigenvalue weighted by Crippen LogP contribution is -2.04. The highest BCUT2D eigenvalue weighted by Gasteiger charge is 2.20. The zero-order valence-corrected chi connectivity index (χ0v) is 27.5. The van der Waals surface area contributed by atoms with Crippen LogP contribution in [0.1, 0.15) is 22.6 Å². The summed E-state index contributed by atoms with van der Waals surface area (Å²) in [6, 6.07) is 64.1. The van der Waals surface area contributed by atoms with Crippen LogP contribution in [-0.4, -0.2) is 0 Å². The molecule has 2 heterocycles. The van der Waals surface area contributed by atoms with E-state index in [1.807, 2.05) is 23.5 Å². The molecule has 0 bridgehead atoms. The molecule has 0 saturated carbocycles. The van der Waals surface area contributed by atoms with Crippen LogP contribution in [0.3, 0.4) is 0 Å². The van der Waals surface area contributed by atoms with Gasteiger partial charge in [-0.15, -0.1) is 11.3 Å². The van der Waals surface area contributed by atoms with E-state index in [1.54, 1.807) is 0 Å². The molecule has 10 rings (SSSR count). The summed E-state index contributed by atoms with van der Waals surface area (Å²) >= 11 is 1.88. The second kappa shape index (κ2) is 11.3. The van der Waals surface area contributed by atoms with Gasteiger partial charge in [-0.2, -0.15) is 0 Å². The molecule has 0 radical (unpaired) electrons. The number of fused-ring (bicyclic) bond motifs is 7. The summed E-state index contributed by atoms with van der Waals surface area (Å²) < 4.78 is 9.03. The third-order valence-corrected chi connectivity index (χ3v) is 11.1. The number of hydrogen-bond acceptors (Lipinski definition) is 2. The van der Waals surface area contributed by atoms with Crippen LogP contribution in [0.15, 0.2) is 180 Å². The lowest BCUT2D eigenvalue weighted by molar-refractivity contribution is 0.668. The van der Waals surface area contributed by atoms with Crippen molar-refractivity contribution in [2.75, 3.05) is 0 Å². The highest BCUT2D eigenvalue weighted by Crippen LogP contribution is 2.41. The molecule has 0 amide bonds. The van der Waals surface area contributed by atoms with E-state index in [9.17, 15) is 0 Å². The molecule has 1 nitrogen and oxygen atoms in total. The van der Waals surface area contributed by atoms with Crippen molar-refractivity contribution in [1.82, 2.24) is 0 Å². The second-order valence-corrected chi connectivity index (χ2v) is 14.0. The highest BCUT2D eigenvalue weighted by atomic mass is 32.1. The van der Waals surface area contributed by atoms with Crippen LogP contribution in [0, 0.1) is 0 Å². The maximum atomic E-state index is 6.37. The molecule has 1 atom stereocenters. The van der Waals surface area contributed by atoms with E-state index in [2.05, 4.69) is 164 Å². The molecule has 2 heteroatoms. The second-order valence-electron chi connectivity index (χ2n) is 12.9. The number of para-hydroxylation sites is 1. The van der Waals surface area contributed by atoms with Crippen LogP contribution in [0.4, 0.5) is 0 Å².